The zero-order chi connectivity index (χ0) is 19.8. The molecule has 1 aliphatic carbocycles. The molecule has 1 saturated heterocycles. The van der Waals surface area contributed by atoms with Gasteiger partial charge in [-0.3, -0.25) is 14.6 Å². The van der Waals surface area contributed by atoms with Crippen molar-refractivity contribution in [2.75, 3.05) is 19.6 Å². The van der Waals surface area contributed by atoms with E-state index in [1.54, 1.807) is 24.5 Å². The lowest BCUT2D eigenvalue weighted by Gasteiger charge is -2.35. The number of rotatable bonds is 3. The summed E-state index contributed by atoms with van der Waals surface area (Å²) in [5.41, 5.74) is 1.60. The quantitative estimate of drug-likeness (QED) is 0.800. The Morgan fingerprint density at radius 1 is 1.00 bits per heavy atom. The van der Waals surface area contributed by atoms with Crippen molar-refractivity contribution >= 4 is 11.8 Å². The number of nitrogens with zero attached hydrogens (tertiary/aromatic N) is 4. The second-order valence-electron chi connectivity index (χ2n) is 8.36. The fourth-order valence-corrected chi connectivity index (χ4v) is 4.50. The summed E-state index contributed by atoms with van der Waals surface area (Å²) in [4.78, 5) is 38.1. The smallest absolute Gasteiger partial charge is 0.253 e. The first-order chi connectivity index (χ1) is 14.2. The van der Waals surface area contributed by atoms with Gasteiger partial charge in [0.2, 0.25) is 5.91 Å². The van der Waals surface area contributed by atoms with Crippen LogP contribution in [0, 0.1) is 5.92 Å². The number of pyridine rings is 1. The maximum Gasteiger partial charge on any atom is 0.253 e. The topological polar surface area (TPSA) is 79.5 Å². The largest absolute Gasteiger partial charge is 0.445 e. The molecular weight excluding hydrogens is 368 g/mol. The summed E-state index contributed by atoms with van der Waals surface area (Å²) in [5.74, 6) is 2.52. The van der Waals surface area contributed by atoms with E-state index < -0.39 is 0 Å². The molecular formula is C22H26N4O3. The molecule has 1 saturated carbocycles. The zero-order valence-electron chi connectivity index (χ0n) is 16.5. The average molecular weight is 394 g/mol. The van der Waals surface area contributed by atoms with Crippen LogP contribution in [0.1, 0.15) is 65.7 Å². The molecule has 2 aromatic rings. The standard InChI is InChI=1S/C22H26N4O3/c27-21(16-4-9-23-10-5-16)25-11-6-17(7-12-25)22(28)26-13-8-19-18(14-26)24-20(29-19)15-2-1-3-15/h4-5,9-10,15,17H,1-3,6-8,11-14H2. The number of fused-ring (bicyclic) bond motifs is 1. The van der Waals surface area contributed by atoms with E-state index in [0.29, 0.717) is 50.5 Å². The van der Waals surface area contributed by atoms with Gasteiger partial charge in [0.05, 0.1) is 6.54 Å². The lowest BCUT2D eigenvalue weighted by atomic mass is 9.85. The van der Waals surface area contributed by atoms with Crippen molar-refractivity contribution in [1.82, 2.24) is 19.8 Å². The van der Waals surface area contributed by atoms with Crippen molar-refractivity contribution < 1.29 is 14.0 Å². The Morgan fingerprint density at radius 2 is 1.76 bits per heavy atom. The van der Waals surface area contributed by atoms with E-state index in [2.05, 4.69) is 4.98 Å². The summed E-state index contributed by atoms with van der Waals surface area (Å²) >= 11 is 0. The van der Waals surface area contributed by atoms with E-state index in [-0.39, 0.29) is 17.7 Å². The molecule has 2 aliphatic heterocycles. The van der Waals surface area contributed by atoms with E-state index >= 15 is 0 Å². The molecule has 0 aromatic carbocycles. The highest BCUT2D eigenvalue weighted by atomic mass is 16.4. The van der Waals surface area contributed by atoms with Crippen LogP contribution in [0.5, 0.6) is 0 Å². The highest BCUT2D eigenvalue weighted by Crippen LogP contribution is 2.37. The molecule has 2 aromatic heterocycles. The third-order valence-corrected chi connectivity index (χ3v) is 6.57. The van der Waals surface area contributed by atoms with Crippen LogP contribution in [0.4, 0.5) is 0 Å². The molecule has 0 atom stereocenters. The monoisotopic (exact) mass is 394 g/mol. The van der Waals surface area contributed by atoms with Crippen molar-refractivity contribution in [3.8, 4) is 0 Å². The molecule has 3 aliphatic rings. The van der Waals surface area contributed by atoms with Gasteiger partial charge in [-0.2, -0.15) is 0 Å². The fourth-order valence-electron chi connectivity index (χ4n) is 4.50. The van der Waals surface area contributed by atoms with Gasteiger partial charge in [-0.15, -0.1) is 0 Å². The summed E-state index contributed by atoms with van der Waals surface area (Å²) in [7, 11) is 0. The van der Waals surface area contributed by atoms with Gasteiger partial charge in [0.15, 0.2) is 5.89 Å². The Morgan fingerprint density at radius 3 is 2.45 bits per heavy atom. The molecule has 7 nitrogen and oxygen atoms in total. The van der Waals surface area contributed by atoms with Gasteiger partial charge >= 0.3 is 0 Å². The Balaban J connectivity index is 1.18. The van der Waals surface area contributed by atoms with Gasteiger partial charge in [-0.05, 0) is 37.8 Å². The van der Waals surface area contributed by atoms with Crippen molar-refractivity contribution in [2.45, 2.75) is 51.0 Å². The summed E-state index contributed by atoms with van der Waals surface area (Å²) in [6.45, 7) is 2.49. The molecule has 152 valence electrons. The third-order valence-electron chi connectivity index (χ3n) is 6.57. The minimum absolute atomic E-state index is 0.0176. The van der Waals surface area contributed by atoms with Crippen LogP contribution in [-0.4, -0.2) is 51.2 Å². The molecule has 4 heterocycles. The number of hydrogen-bond acceptors (Lipinski definition) is 5. The highest BCUT2D eigenvalue weighted by molar-refractivity contribution is 5.94. The van der Waals surface area contributed by atoms with Gasteiger partial charge < -0.3 is 14.2 Å². The summed E-state index contributed by atoms with van der Waals surface area (Å²) in [6, 6.07) is 3.47. The van der Waals surface area contributed by atoms with E-state index in [4.69, 9.17) is 9.40 Å². The Hall–Kier alpha value is -2.70. The van der Waals surface area contributed by atoms with Crippen LogP contribution in [0.2, 0.25) is 0 Å². The van der Waals surface area contributed by atoms with Crippen LogP contribution in [0.3, 0.4) is 0 Å². The molecule has 2 amide bonds. The highest BCUT2D eigenvalue weighted by Gasteiger charge is 2.34. The molecule has 5 rings (SSSR count). The lowest BCUT2D eigenvalue weighted by molar-refractivity contribution is -0.138. The van der Waals surface area contributed by atoms with E-state index in [0.717, 1.165) is 23.8 Å². The number of likely N-dealkylation sites (tertiary alicyclic amines) is 1. The number of oxazole rings is 1. The first-order valence-corrected chi connectivity index (χ1v) is 10.7. The van der Waals surface area contributed by atoms with E-state index in [1.165, 1.54) is 19.3 Å². The second-order valence-corrected chi connectivity index (χ2v) is 8.36. The molecule has 0 radical (unpaired) electrons. The van der Waals surface area contributed by atoms with Crippen molar-refractivity contribution in [3.63, 3.8) is 0 Å². The number of carbonyl (C=O) groups is 2. The number of hydrogen-bond donors (Lipinski definition) is 0. The zero-order valence-corrected chi connectivity index (χ0v) is 16.5. The maximum absolute atomic E-state index is 13.1. The number of aromatic nitrogens is 2. The average Bonchev–Trinajstić information content (AvgIpc) is 3.14. The Kier molecular flexibility index (Phi) is 4.81. The van der Waals surface area contributed by atoms with Crippen molar-refractivity contribution in [3.05, 3.63) is 47.4 Å². The molecule has 29 heavy (non-hydrogen) atoms. The third kappa shape index (κ3) is 3.54. The maximum atomic E-state index is 13.1. The lowest BCUT2D eigenvalue weighted by Crippen LogP contribution is -2.45. The van der Waals surface area contributed by atoms with Gasteiger partial charge in [-0.25, -0.2) is 4.98 Å². The summed E-state index contributed by atoms with van der Waals surface area (Å²) < 4.78 is 5.97. The van der Waals surface area contributed by atoms with Crippen LogP contribution in [0.25, 0.3) is 0 Å². The van der Waals surface area contributed by atoms with E-state index in [1.807, 2.05) is 9.80 Å². The fraction of sp³-hybridized carbons (Fsp3) is 0.545. The van der Waals surface area contributed by atoms with Crippen LogP contribution in [-0.2, 0) is 17.8 Å². The van der Waals surface area contributed by atoms with E-state index in [9.17, 15) is 9.59 Å². The van der Waals surface area contributed by atoms with Gasteiger partial charge in [0.25, 0.3) is 5.91 Å². The minimum atomic E-state index is -0.0176. The predicted octanol–water partition coefficient (Wildman–Crippen LogP) is 2.77. The van der Waals surface area contributed by atoms with Crippen LogP contribution < -0.4 is 0 Å². The van der Waals surface area contributed by atoms with Gasteiger partial charge in [-0.1, -0.05) is 6.42 Å². The van der Waals surface area contributed by atoms with Crippen molar-refractivity contribution in [2.24, 2.45) is 5.92 Å². The molecule has 0 N–H and O–H groups in total. The van der Waals surface area contributed by atoms with Crippen molar-refractivity contribution in [1.29, 1.82) is 0 Å². The number of carbonyl (C=O) groups excluding carboxylic acids is 2. The first kappa shape index (κ1) is 18.3. The molecule has 0 unspecified atom stereocenters. The summed E-state index contributed by atoms with van der Waals surface area (Å²) in [5, 5.41) is 0. The Labute approximate surface area is 170 Å². The summed E-state index contributed by atoms with van der Waals surface area (Å²) in [6.07, 6.45) is 9.03. The van der Waals surface area contributed by atoms with Gasteiger partial charge in [0.1, 0.15) is 11.5 Å². The first-order valence-electron chi connectivity index (χ1n) is 10.7. The predicted molar refractivity (Wildman–Crippen MR) is 105 cm³/mol. The number of piperidine rings is 1. The van der Waals surface area contributed by atoms with Crippen LogP contribution >= 0.6 is 0 Å². The minimum Gasteiger partial charge on any atom is -0.445 e. The van der Waals surface area contributed by atoms with Crippen LogP contribution in [0.15, 0.2) is 28.9 Å². The number of amides is 2. The molecule has 7 heteroatoms. The second kappa shape index (κ2) is 7.61. The van der Waals surface area contributed by atoms with Gasteiger partial charge in [0, 0.05) is 55.8 Å². The molecule has 0 bridgehead atoms. The normalized spacial score (nSPS) is 20.3. The Bertz CT molecular complexity index is 898. The molecule has 0 spiro atoms. The molecule has 2 fully saturated rings. The SMILES string of the molecule is O=C(c1ccncc1)N1CCC(C(=O)N2CCc3oc(C4CCC4)nc3C2)CC1.